The maximum atomic E-state index is 11.4. The molecule has 0 aromatic carbocycles. The lowest BCUT2D eigenvalue weighted by Crippen LogP contribution is -2.59. The first kappa shape index (κ1) is 24.7. The molecule has 4 aliphatic rings. The molecule has 0 aromatic rings. The number of fused-ring (bicyclic) bond motifs is 5. The van der Waals surface area contributed by atoms with Crippen LogP contribution in [0.4, 0.5) is 0 Å². The summed E-state index contributed by atoms with van der Waals surface area (Å²) in [5.41, 5.74) is 0.172. The summed E-state index contributed by atoms with van der Waals surface area (Å²) in [4.78, 5) is 0. The van der Waals surface area contributed by atoms with E-state index in [0.29, 0.717) is 29.6 Å². The van der Waals surface area contributed by atoms with Crippen LogP contribution < -0.4 is 0 Å². The molecular weight excluding hydrogens is 400 g/mol. The summed E-state index contributed by atoms with van der Waals surface area (Å²) in [5, 5.41) is 42.6. The summed E-state index contributed by atoms with van der Waals surface area (Å²) >= 11 is 0. The van der Waals surface area contributed by atoms with Crippen LogP contribution in [0.3, 0.4) is 0 Å². The molecule has 4 heteroatoms. The zero-order valence-corrected chi connectivity index (χ0v) is 21.0. The maximum Gasteiger partial charge on any atom is 0.0579 e. The lowest BCUT2D eigenvalue weighted by molar-refractivity contribution is -0.180. The normalized spacial score (nSPS) is 50.7. The van der Waals surface area contributed by atoms with Gasteiger partial charge in [0.05, 0.1) is 18.3 Å². The Bertz CT molecular complexity index is 691. The first-order valence-electron chi connectivity index (χ1n) is 13.4. The van der Waals surface area contributed by atoms with E-state index in [1.54, 1.807) is 0 Å². The van der Waals surface area contributed by atoms with Crippen molar-refractivity contribution in [1.29, 1.82) is 0 Å². The molecule has 0 amide bonds. The van der Waals surface area contributed by atoms with Gasteiger partial charge in [-0.05, 0) is 97.2 Å². The van der Waals surface area contributed by atoms with Gasteiger partial charge in [-0.2, -0.15) is 0 Å². The molecule has 0 radical (unpaired) electrons. The first-order chi connectivity index (χ1) is 15.0. The number of aliphatic hydroxyl groups is 4. The zero-order valence-electron chi connectivity index (χ0n) is 21.0. The SMILES string of the molecule is CC(C)[C@H](/C=C\[C@@H](C)[C@H]1C[C@@H](O)[C@H]2[C@@H]3C[C@H](O)[C@H]4C[C@@H](O)CC[C@]4(C)[C@H]3CC[C@@]21C)CO. The van der Waals surface area contributed by atoms with E-state index < -0.39 is 0 Å². The van der Waals surface area contributed by atoms with Gasteiger partial charge >= 0.3 is 0 Å². The predicted octanol–water partition coefficient (Wildman–Crippen LogP) is 4.40. The minimum absolute atomic E-state index is 0.0812. The Hall–Kier alpha value is -0.420. The second-order valence-electron chi connectivity index (χ2n) is 12.9. The van der Waals surface area contributed by atoms with E-state index in [1.165, 1.54) is 6.42 Å². The molecule has 0 aromatic heterocycles. The largest absolute Gasteiger partial charge is 0.396 e. The molecule has 0 heterocycles. The highest BCUT2D eigenvalue weighted by Gasteiger charge is 2.64. The van der Waals surface area contributed by atoms with Gasteiger partial charge < -0.3 is 20.4 Å². The van der Waals surface area contributed by atoms with Crippen molar-refractivity contribution in [1.82, 2.24) is 0 Å². The van der Waals surface area contributed by atoms with Crippen LogP contribution in [0.25, 0.3) is 0 Å². The highest BCUT2D eigenvalue weighted by molar-refractivity contribution is 5.14. The number of aliphatic hydroxyl groups excluding tert-OH is 4. The van der Waals surface area contributed by atoms with E-state index in [4.69, 9.17) is 0 Å². The molecule has 12 atom stereocenters. The molecule has 4 nitrogen and oxygen atoms in total. The number of hydrogen-bond acceptors (Lipinski definition) is 4. The van der Waals surface area contributed by atoms with Crippen molar-refractivity contribution in [2.75, 3.05) is 6.61 Å². The molecule has 4 aliphatic carbocycles. The summed E-state index contributed by atoms with van der Waals surface area (Å²) in [5.74, 6) is 2.77. The Balaban J connectivity index is 1.57. The molecule has 0 spiro atoms. The van der Waals surface area contributed by atoms with Gasteiger partial charge in [0.15, 0.2) is 0 Å². The van der Waals surface area contributed by atoms with Crippen LogP contribution in [0.15, 0.2) is 12.2 Å². The Kier molecular flexibility index (Phi) is 6.93. The Morgan fingerprint density at radius 3 is 2.19 bits per heavy atom. The summed E-state index contributed by atoms with van der Waals surface area (Å²) in [6, 6.07) is 0. The van der Waals surface area contributed by atoms with Crippen LogP contribution in [0.1, 0.15) is 79.6 Å². The summed E-state index contributed by atoms with van der Waals surface area (Å²) < 4.78 is 0. The highest BCUT2D eigenvalue weighted by atomic mass is 16.3. The van der Waals surface area contributed by atoms with Crippen LogP contribution in [0.2, 0.25) is 0 Å². The molecule has 4 saturated carbocycles. The van der Waals surface area contributed by atoms with Crippen molar-refractivity contribution in [2.24, 2.45) is 58.2 Å². The average molecular weight is 449 g/mol. The van der Waals surface area contributed by atoms with E-state index in [2.05, 4.69) is 46.8 Å². The number of hydrogen-bond donors (Lipinski definition) is 4. The predicted molar refractivity (Wildman–Crippen MR) is 128 cm³/mol. The van der Waals surface area contributed by atoms with Gasteiger partial charge in [-0.15, -0.1) is 0 Å². The number of allylic oxidation sites excluding steroid dienone is 1. The van der Waals surface area contributed by atoms with Crippen LogP contribution in [-0.4, -0.2) is 45.3 Å². The van der Waals surface area contributed by atoms with Crippen molar-refractivity contribution in [3.63, 3.8) is 0 Å². The molecule has 4 N–H and O–H groups in total. The molecule has 0 aliphatic heterocycles. The molecule has 0 saturated heterocycles. The Morgan fingerprint density at radius 2 is 1.53 bits per heavy atom. The van der Waals surface area contributed by atoms with E-state index in [9.17, 15) is 20.4 Å². The van der Waals surface area contributed by atoms with Crippen LogP contribution >= 0.6 is 0 Å². The second-order valence-corrected chi connectivity index (χ2v) is 12.9. The third-order valence-electron chi connectivity index (χ3n) is 11.1. The second kappa shape index (κ2) is 8.98. The fourth-order valence-electron chi connectivity index (χ4n) is 9.15. The van der Waals surface area contributed by atoms with Gasteiger partial charge in [0.25, 0.3) is 0 Å². The van der Waals surface area contributed by atoms with Crippen molar-refractivity contribution >= 4 is 0 Å². The summed E-state index contributed by atoms with van der Waals surface area (Å²) in [7, 11) is 0. The van der Waals surface area contributed by atoms with Crippen molar-refractivity contribution in [3.05, 3.63) is 12.2 Å². The summed E-state index contributed by atoms with van der Waals surface area (Å²) in [6.07, 6.45) is 10.1. The Morgan fingerprint density at radius 1 is 0.844 bits per heavy atom. The molecule has 32 heavy (non-hydrogen) atoms. The molecular formula is C28H48O4. The molecule has 0 unspecified atom stereocenters. The lowest BCUT2D eigenvalue weighted by Gasteiger charge is -2.62. The maximum absolute atomic E-state index is 11.4. The van der Waals surface area contributed by atoms with E-state index >= 15 is 0 Å². The quantitative estimate of drug-likeness (QED) is 0.470. The van der Waals surface area contributed by atoms with Crippen molar-refractivity contribution in [2.45, 2.75) is 97.9 Å². The fourth-order valence-corrected chi connectivity index (χ4v) is 9.15. The smallest absolute Gasteiger partial charge is 0.0579 e. The van der Waals surface area contributed by atoms with Gasteiger partial charge in [0.2, 0.25) is 0 Å². The summed E-state index contributed by atoms with van der Waals surface area (Å²) in [6.45, 7) is 11.6. The molecule has 0 bridgehead atoms. The van der Waals surface area contributed by atoms with Crippen LogP contribution in [0, 0.1) is 58.2 Å². The zero-order chi connectivity index (χ0) is 23.4. The topological polar surface area (TPSA) is 80.9 Å². The van der Waals surface area contributed by atoms with Gasteiger partial charge in [-0.25, -0.2) is 0 Å². The standard InChI is InChI=1S/C28H48O4/c1-16(2)18(15-29)7-6-17(3)22-14-25(32)26-20-13-24(31)23-12-19(30)8-10-27(23,4)21(20)9-11-28(22,26)5/h6-7,16-26,29-32H,8-15H2,1-5H3/b7-6-/t17-,18-,19+,20-,21+,22-,23-,24+,25-,26-,27-,28-/m1/s1. The molecule has 184 valence electrons. The van der Waals surface area contributed by atoms with E-state index in [-0.39, 0.29) is 53.5 Å². The minimum atomic E-state index is -0.363. The third-order valence-corrected chi connectivity index (χ3v) is 11.1. The average Bonchev–Trinajstić information content (AvgIpc) is 3.00. The van der Waals surface area contributed by atoms with Gasteiger partial charge in [0.1, 0.15) is 0 Å². The first-order valence-corrected chi connectivity index (χ1v) is 13.4. The van der Waals surface area contributed by atoms with E-state index in [1.807, 2.05) is 0 Å². The van der Waals surface area contributed by atoms with Crippen molar-refractivity contribution < 1.29 is 20.4 Å². The van der Waals surface area contributed by atoms with E-state index in [0.717, 1.165) is 38.5 Å². The van der Waals surface area contributed by atoms with Crippen LogP contribution in [-0.2, 0) is 0 Å². The monoisotopic (exact) mass is 448 g/mol. The third kappa shape index (κ3) is 3.91. The Labute approximate surface area is 195 Å². The van der Waals surface area contributed by atoms with Crippen molar-refractivity contribution in [3.8, 4) is 0 Å². The molecule has 4 fully saturated rings. The lowest BCUT2D eigenvalue weighted by atomic mass is 9.43. The fraction of sp³-hybridized carbons (Fsp3) is 0.929. The molecule has 4 rings (SSSR count). The minimum Gasteiger partial charge on any atom is -0.396 e. The van der Waals surface area contributed by atoms with Gasteiger partial charge in [-0.3, -0.25) is 0 Å². The highest BCUT2D eigenvalue weighted by Crippen LogP contribution is 2.68. The van der Waals surface area contributed by atoms with Gasteiger partial charge in [-0.1, -0.05) is 46.8 Å². The van der Waals surface area contributed by atoms with Crippen LogP contribution in [0.5, 0.6) is 0 Å². The number of rotatable bonds is 5. The van der Waals surface area contributed by atoms with Gasteiger partial charge in [0, 0.05) is 12.5 Å².